The predicted molar refractivity (Wildman–Crippen MR) is 75.0 cm³/mol. The van der Waals surface area contributed by atoms with Gasteiger partial charge in [-0.2, -0.15) is 0 Å². The van der Waals surface area contributed by atoms with Crippen LogP contribution in [0.15, 0.2) is 0 Å². The fourth-order valence-electron chi connectivity index (χ4n) is 4.50. The van der Waals surface area contributed by atoms with Gasteiger partial charge in [-0.3, -0.25) is 4.74 Å². The molecule has 6 nitrogen and oxygen atoms in total. The van der Waals surface area contributed by atoms with E-state index in [0.717, 1.165) is 0 Å². The van der Waals surface area contributed by atoms with Crippen LogP contribution in [0.1, 0.15) is 46.5 Å². The van der Waals surface area contributed by atoms with Crippen molar-refractivity contribution >= 4 is 0 Å². The highest BCUT2D eigenvalue weighted by Crippen LogP contribution is 2.58. The lowest BCUT2D eigenvalue weighted by molar-refractivity contribution is -0.578. The second kappa shape index (κ2) is 5.52. The lowest BCUT2D eigenvalue weighted by Crippen LogP contribution is -2.78. The summed E-state index contributed by atoms with van der Waals surface area (Å²) in [6, 6.07) is 0. The molecular weight excluding hydrogens is 331 g/mol. The van der Waals surface area contributed by atoms with Crippen LogP contribution in [0.3, 0.4) is 0 Å². The normalized spacial score (nSPS) is 50.2. The molecule has 9 heteroatoms. The highest BCUT2D eigenvalue weighted by Gasteiger charge is 2.73. The molecule has 3 aliphatic heterocycles. The molecule has 1 aliphatic carbocycles. The summed E-state index contributed by atoms with van der Waals surface area (Å²) in [4.78, 5) is 10.9. The van der Waals surface area contributed by atoms with Gasteiger partial charge in [-0.25, -0.2) is 9.78 Å². The molecule has 0 aromatic carbocycles. The summed E-state index contributed by atoms with van der Waals surface area (Å²) in [7, 11) is 0. The van der Waals surface area contributed by atoms with E-state index in [1.807, 2.05) is 6.92 Å². The summed E-state index contributed by atoms with van der Waals surface area (Å²) in [5, 5.41) is 10.2. The Kier molecular flexibility index (Phi) is 4.22. The Balaban J connectivity index is 2.14. The van der Waals surface area contributed by atoms with E-state index in [1.54, 1.807) is 0 Å². The number of halogens is 3. The molecule has 3 saturated heterocycles. The molecule has 1 spiro atoms. The SMILES string of the molecule is C[C@H](O)[C@@H]1CC[C@@H](C)[C@]2(N)CC[C@]3(C)OO[C@@]12C(OC(F)(F)F)O3. The van der Waals surface area contributed by atoms with E-state index in [4.69, 9.17) is 20.2 Å². The molecule has 0 amide bonds. The van der Waals surface area contributed by atoms with Crippen molar-refractivity contribution in [1.82, 2.24) is 0 Å². The number of alkyl halides is 3. The minimum atomic E-state index is -4.94. The Morgan fingerprint density at radius 3 is 2.50 bits per heavy atom. The van der Waals surface area contributed by atoms with Crippen LogP contribution in [-0.4, -0.2) is 40.8 Å². The summed E-state index contributed by atoms with van der Waals surface area (Å²) in [5.41, 5.74) is 3.70. The standard InChI is InChI=1S/C15H24F3NO5/c1-8-4-5-10(9(2)20)14-11(22-15(16,17)18)21-12(3,23-24-14)6-7-13(8,14)19/h8-11,20H,4-7,19H2,1-3H3/t8-,9+,10+,11?,12+,13-,14-/m1/s1. The molecule has 7 atom stereocenters. The molecule has 1 saturated carbocycles. The molecule has 3 heterocycles. The summed E-state index contributed by atoms with van der Waals surface area (Å²) in [6.07, 6.45) is -6.02. The van der Waals surface area contributed by atoms with Crippen LogP contribution in [0.5, 0.6) is 0 Å². The molecule has 0 aromatic heterocycles. The number of aliphatic hydroxyl groups is 1. The molecule has 3 N–H and O–H groups in total. The Labute approximate surface area is 138 Å². The van der Waals surface area contributed by atoms with Crippen LogP contribution in [0.2, 0.25) is 0 Å². The molecule has 0 aromatic rings. The van der Waals surface area contributed by atoms with Gasteiger partial charge >= 0.3 is 6.36 Å². The fraction of sp³-hybridized carbons (Fsp3) is 1.00. The molecule has 4 rings (SSSR count). The highest BCUT2D eigenvalue weighted by atomic mass is 19.4. The summed E-state index contributed by atoms with van der Waals surface area (Å²) in [6.45, 7) is 4.87. The number of fused-ring (bicyclic) bond motifs is 3. The average molecular weight is 355 g/mol. The van der Waals surface area contributed by atoms with Crippen molar-refractivity contribution < 1.29 is 37.5 Å². The largest absolute Gasteiger partial charge is 0.524 e. The second-order valence-corrected chi connectivity index (χ2v) is 7.47. The van der Waals surface area contributed by atoms with Gasteiger partial charge in [0.05, 0.1) is 11.6 Å². The number of aliphatic hydroxyl groups excluding tert-OH is 1. The quantitative estimate of drug-likeness (QED) is 0.739. The van der Waals surface area contributed by atoms with Crippen LogP contribution in [0.25, 0.3) is 0 Å². The van der Waals surface area contributed by atoms with Gasteiger partial charge in [0.15, 0.2) is 5.60 Å². The molecule has 4 fully saturated rings. The molecule has 4 aliphatic rings. The van der Waals surface area contributed by atoms with E-state index in [0.29, 0.717) is 19.3 Å². The van der Waals surface area contributed by atoms with E-state index in [2.05, 4.69) is 4.74 Å². The van der Waals surface area contributed by atoms with E-state index in [9.17, 15) is 18.3 Å². The maximum absolute atomic E-state index is 13.0. The van der Waals surface area contributed by atoms with Crippen LogP contribution < -0.4 is 5.73 Å². The summed E-state index contributed by atoms with van der Waals surface area (Å²) >= 11 is 0. The van der Waals surface area contributed by atoms with Gasteiger partial charge in [0.25, 0.3) is 0 Å². The first-order valence-corrected chi connectivity index (χ1v) is 8.20. The van der Waals surface area contributed by atoms with Gasteiger partial charge < -0.3 is 15.6 Å². The molecule has 2 bridgehead atoms. The molecule has 1 unspecified atom stereocenters. The van der Waals surface area contributed by atoms with Crippen LogP contribution in [0.4, 0.5) is 13.2 Å². The second-order valence-electron chi connectivity index (χ2n) is 7.47. The molecule has 140 valence electrons. The Bertz CT molecular complexity index is 504. The Morgan fingerprint density at radius 2 is 1.92 bits per heavy atom. The predicted octanol–water partition coefficient (Wildman–Crippen LogP) is 2.20. The number of rotatable bonds is 2. The van der Waals surface area contributed by atoms with Crippen molar-refractivity contribution in [2.45, 2.75) is 82.1 Å². The third-order valence-corrected chi connectivity index (χ3v) is 5.95. The summed E-state index contributed by atoms with van der Waals surface area (Å²) < 4.78 is 48.9. The zero-order valence-corrected chi connectivity index (χ0v) is 13.9. The zero-order valence-electron chi connectivity index (χ0n) is 13.9. The maximum atomic E-state index is 13.0. The number of hydrogen-bond donors (Lipinski definition) is 2. The molecule has 24 heavy (non-hydrogen) atoms. The van der Waals surface area contributed by atoms with Crippen molar-refractivity contribution in [1.29, 1.82) is 0 Å². The van der Waals surface area contributed by atoms with Crippen molar-refractivity contribution in [3.63, 3.8) is 0 Å². The minimum absolute atomic E-state index is 0.153. The third-order valence-electron chi connectivity index (χ3n) is 5.95. The first-order valence-electron chi connectivity index (χ1n) is 8.20. The topological polar surface area (TPSA) is 83.2 Å². The number of hydrogen-bond acceptors (Lipinski definition) is 6. The number of nitrogens with two attached hydrogens (primary N) is 1. The maximum Gasteiger partial charge on any atom is 0.524 e. The summed E-state index contributed by atoms with van der Waals surface area (Å²) in [5.74, 6) is -2.25. The van der Waals surface area contributed by atoms with Gasteiger partial charge in [0.1, 0.15) is 0 Å². The highest BCUT2D eigenvalue weighted by molar-refractivity contribution is 5.18. The average Bonchev–Trinajstić information content (AvgIpc) is 2.61. The first kappa shape index (κ1) is 18.3. The smallest absolute Gasteiger partial charge is 0.393 e. The van der Waals surface area contributed by atoms with Crippen LogP contribution in [-0.2, 0) is 19.2 Å². The van der Waals surface area contributed by atoms with E-state index in [1.165, 1.54) is 13.8 Å². The minimum Gasteiger partial charge on any atom is -0.393 e. The molecular formula is C15H24F3NO5. The zero-order chi connectivity index (χ0) is 18.0. The van der Waals surface area contributed by atoms with E-state index < -0.39 is 41.6 Å². The van der Waals surface area contributed by atoms with Gasteiger partial charge in [0, 0.05) is 12.3 Å². The Hall–Kier alpha value is -0.450. The van der Waals surface area contributed by atoms with Crippen LogP contribution in [0, 0.1) is 11.8 Å². The van der Waals surface area contributed by atoms with Gasteiger partial charge in [-0.05, 0) is 39.0 Å². The lowest BCUT2D eigenvalue weighted by atomic mass is 9.56. The fourth-order valence-corrected chi connectivity index (χ4v) is 4.50. The van der Waals surface area contributed by atoms with E-state index in [-0.39, 0.29) is 12.3 Å². The van der Waals surface area contributed by atoms with Crippen LogP contribution >= 0.6 is 0 Å². The molecule has 0 radical (unpaired) electrons. The van der Waals surface area contributed by atoms with E-state index >= 15 is 0 Å². The van der Waals surface area contributed by atoms with Gasteiger partial charge in [0.2, 0.25) is 12.1 Å². The Morgan fingerprint density at radius 1 is 1.25 bits per heavy atom. The van der Waals surface area contributed by atoms with Gasteiger partial charge in [-0.15, -0.1) is 13.2 Å². The van der Waals surface area contributed by atoms with Crippen molar-refractivity contribution in [2.75, 3.05) is 0 Å². The van der Waals surface area contributed by atoms with Crippen molar-refractivity contribution in [2.24, 2.45) is 17.6 Å². The monoisotopic (exact) mass is 355 g/mol. The van der Waals surface area contributed by atoms with Crippen molar-refractivity contribution in [3.8, 4) is 0 Å². The lowest BCUT2D eigenvalue weighted by Gasteiger charge is -2.59. The van der Waals surface area contributed by atoms with Gasteiger partial charge in [-0.1, -0.05) is 6.92 Å². The van der Waals surface area contributed by atoms with Crippen molar-refractivity contribution in [3.05, 3.63) is 0 Å². The third kappa shape index (κ3) is 2.57. The number of ether oxygens (including phenoxy) is 2. The first-order chi connectivity index (χ1) is 10.9.